The van der Waals surface area contributed by atoms with Gasteiger partial charge in [0, 0.05) is 25.3 Å². The number of hydrogen-bond acceptors (Lipinski definition) is 3. The minimum absolute atomic E-state index is 0.298. The molecule has 0 aromatic heterocycles. The maximum atomic E-state index is 13.6. The number of nitrogens with one attached hydrogen (secondary N) is 1. The van der Waals surface area contributed by atoms with Crippen molar-refractivity contribution in [2.24, 2.45) is 5.92 Å². The monoisotopic (exact) mass is 252 g/mol. The van der Waals surface area contributed by atoms with Crippen LogP contribution in [0.5, 0.6) is 5.75 Å². The van der Waals surface area contributed by atoms with Gasteiger partial charge in [0.1, 0.15) is 0 Å². The van der Waals surface area contributed by atoms with Gasteiger partial charge in [0.2, 0.25) is 0 Å². The second-order valence-electron chi connectivity index (χ2n) is 4.89. The fraction of sp³-hybridized carbons (Fsp3) is 0.571. The van der Waals surface area contributed by atoms with Crippen LogP contribution in [0.15, 0.2) is 18.2 Å². The van der Waals surface area contributed by atoms with Crippen LogP contribution < -0.4 is 15.0 Å². The maximum Gasteiger partial charge on any atom is 0.167 e. The molecule has 1 saturated heterocycles. The molecule has 1 N–H and O–H groups in total. The van der Waals surface area contributed by atoms with Gasteiger partial charge in [-0.1, -0.05) is 0 Å². The number of rotatable bonds is 5. The summed E-state index contributed by atoms with van der Waals surface area (Å²) in [5, 5.41) is 3.36. The highest BCUT2D eigenvalue weighted by atomic mass is 19.1. The van der Waals surface area contributed by atoms with E-state index < -0.39 is 0 Å². The summed E-state index contributed by atoms with van der Waals surface area (Å²) in [7, 11) is 3.48. The van der Waals surface area contributed by atoms with Crippen molar-refractivity contribution < 1.29 is 9.13 Å². The molecule has 1 aliphatic heterocycles. The van der Waals surface area contributed by atoms with Gasteiger partial charge in [-0.05, 0) is 44.0 Å². The standard InChI is InChI=1S/C14H21FN2O/c1-17(8-6-11-5-7-16-10-11)12-3-4-14(18-2)13(15)9-12/h3-4,9,11,16H,5-8,10H2,1-2H3. The first-order valence-corrected chi connectivity index (χ1v) is 6.46. The number of ether oxygens (including phenoxy) is 1. The summed E-state index contributed by atoms with van der Waals surface area (Å²) in [6, 6.07) is 5.11. The molecule has 2 rings (SSSR count). The Morgan fingerprint density at radius 3 is 2.94 bits per heavy atom. The minimum Gasteiger partial charge on any atom is -0.494 e. The topological polar surface area (TPSA) is 24.5 Å². The second-order valence-corrected chi connectivity index (χ2v) is 4.89. The Hall–Kier alpha value is -1.29. The molecular formula is C14H21FN2O. The molecule has 1 aromatic carbocycles. The van der Waals surface area contributed by atoms with Crippen LogP contribution in [0.3, 0.4) is 0 Å². The highest BCUT2D eigenvalue weighted by Gasteiger charge is 2.15. The van der Waals surface area contributed by atoms with Gasteiger partial charge in [-0.3, -0.25) is 0 Å². The molecule has 0 saturated carbocycles. The van der Waals surface area contributed by atoms with Crippen molar-refractivity contribution in [3.8, 4) is 5.75 Å². The van der Waals surface area contributed by atoms with E-state index in [4.69, 9.17) is 4.74 Å². The fourth-order valence-corrected chi connectivity index (χ4v) is 2.36. The lowest BCUT2D eigenvalue weighted by atomic mass is 10.0. The molecule has 18 heavy (non-hydrogen) atoms. The molecule has 1 aliphatic rings. The molecule has 0 bridgehead atoms. The minimum atomic E-state index is -0.301. The van der Waals surface area contributed by atoms with Crippen LogP contribution in [0.1, 0.15) is 12.8 Å². The average Bonchev–Trinajstić information content (AvgIpc) is 2.89. The zero-order valence-corrected chi connectivity index (χ0v) is 11.1. The van der Waals surface area contributed by atoms with E-state index in [2.05, 4.69) is 10.2 Å². The normalized spacial score (nSPS) is 18.9. The average molecular weight is 252 g/mol. The Balaban J connectivity index is 1.91. The van der Waals surface area contributed by atoms with Gasteiger partial charge in [-0.2, -0.15) is 0 Å². The van der Waals surface area contributed by atoms with Gasteiger partial charge in [0.25, 0.3) is 0 Å². The van der Waals surface area contributed by atoms with Crippen LogP contribution in [0.25, 0.3) is 0 Å². The van der Waals surface area contributed by atoms with Crippen LogP contribution in [0.2, 0.25) is 0 Å². The van der Waals surface area contributed by atoms with Crippen molar-refractivity contribution in [3.63, 3.8) is 0 Å². The van der Waals surface area contributed by atoms with E-state index in [0.29, 0.717) is 5.75 Å². The number of anilines is 1. The number of nitrogens with zero attached hydrogens (tertiary/aromatic N) is 1. The number of halogens is 1. The predicted octanol–water partition coefficient (Wildman–Crippen LogP) is 2.27. The molecule has 1 atom stereocenters. The van der Waals surface area contributed by atoms with Crippen molar-refractivity contribution in [2.75, 3.05) is 38.7 Å². The second kappa shape index (κ2) is 6.05. The van der Waals surface area contributed by atoms with E-state index in [1.807, 2.05) is 13.1 Å². The molecule has 1 fully saturated rings. The largest absolute Gasteiger partial charge is 0.494 e. The Morgan fingerprint density at radius 2 is 2.33 bits per heavy atom. The highest BCUT2D eigenvalue weighted by molar-refractivity contribution is 5.49. The molecule has 4 heteroatoms. The SMILES string of the molecule is COc1ccc(N(C)CCC2CCNC2)cc1F. The quantitative estimate of drug-likeness (QED) is 0.870. The van der Waals surface area contributed by atoms with Gasteiger partial charge in [-0.15, -0.1) is 0 Å². The number of benzene rings is 1. The lowest BCUT2D eigenvalue weighted by Gasteiger charge is -2.21. The van der Waals surface area contributed by atoms with Crippen molar-refractivity contribution in [1.82, 2.24) is 5.32 Å². The highest BCUT2D eigenvalue weighted by Crippen LogP contribution is 2.23. The smallest absolute Gasteiger partial charge is 0.167 e. The Morgan fingerprint density at radius 1 is 1.50 bits per heavy atom. The summed E-state index contributed by atoms with van der Waals surface area (Å²) in [4.78, 5) is 2.10. The van der Waals surface area contributed by atoms with Gasteiger partial charge in [0.15, 0.2) is 11.6 Å². The molecule has 0 amide bonds. The third kappa shape index (κ3) is 3.13. The molecule has 0 aliphatic carbocycles. The Labute approximate surface area is 108 Å². The van der Waals surface area contributed by atoms with Crippen LogP contribution in [-0.4, -0.2) is 33.8 Å². The van der Waals surface area contributed by atoms with Gasteiger partial charge in [0.05, 0.1) is 7.11 Å². The van der Waals surface area contributed by atoms with E-state index in [9.17, 15) is 4.39 Å². The molecule has 0 radical (unpaired) electrons. The summed E-state index contributed by atoms with van der Waals surface area (Å²) in [5.41, 5.74) is 0.902. The van der Waals surface area contributed by atoms with E-state index in [0.717, 1.165) is 37.7 Å². The van der Waals surface area contributed by atoms with Gasteiger partial charge >= 0.3 is 0 Å². The molecule has 100 valence electrons. The summed E-state index contributed by atoms with van der Waals surface area (Å²) in [6.07, 6.45) is 2.40. The zero-order chi connectivity index (χ0) is 13.0. The molecule has 0 spiro atoms. The van der Waals surface area contributed by atoms with Gasteiger partial charge in [-0.25, -0.2) is 4.39 Å². The van der Waals surface area contributed by atoms with Crippen molar-refractivity contribution >= 4 is 5.69 Å². The van der Waals surface area contributed by atoms with E-state index in [1.54, 1.807) is 6.07 Å². The van der Waals surface area contributed by atoms with Crippen molar-refractivity contribution in [1.29, 1.82) is 0 Å². The zero-order valence-electron chi connectivity index (χ0n) is 11.1. The van der Waals surface area contributed by atoms with E-state index in [1.165, 1.54) is 19.6 Å². The maximum absolute atomic E-state index is 13.6. The number of methoxy groups -OCH3 is 1. The molecule has 1 heterocycles. The first-order chi connectivity index (χ1) is 8.70. The fourth-order valence-electron chi connectivity index (χ4n) is 2.36. The van der Waals surface area contributed by atoms with Crippen molar-refractivity contribution in [3.05, 3.63) is 24.0 Å². The van der Waals surface area contributed by atoms with Gasteiger partial charge < -0.3 is 15.0 Å². The summed E-state index contributed by atoms with van der Waals surface area (Å²) in [6.45, 7) is 3.20. The predicted molar refractivity (Wildman–Crippen MR) is 71.8 cm³/mol. The molecule has 1 aromatic rings. The third-order valence-electron chi connectivity index (χ3n) is 3.61. The van der Waals surface area contributed by atoms with Crippen LogP contribution in [-0.2, 0) is 0 Å². The third-order valence-corrected chi connectivity index (χ3v) is 3.61. The van der Waals surface area contributed by atoms with Crippen molar-refractivity contribution in [2.45, 2.75) is 12.8 Å². The van der Waals surface area contributed by atoms with Crippen LogP contribution in [0.4, 0.5) is 10.1 Å². The summed E-state index contributed by atoms with van der Waals surface area (Å²) in [5.74, 6) is 0.757. The Kier molecular flexibility index (Phi) is 4.42. The molecular weight excluding hydrogens is 231 g/mol. The molecule has 3 nitrogen and oxygen atoms in total. The van der Waals surface area contributed by atoms with E-state index >= 15 is 0 Å². The summed E-state index contributed by atoms with van der Waals surface area (Å²) >= 11 is 0. The van der Waals surface area contributed by atoms with E-state index in [-0.39, 0.29) is 5.82 Å². The first-order valence-electron chi connectivity index (χ1n) is 6.46. The molecule has 1 unspecified atom stereocenters. The lowest BCUT2D eigenvalue weighted by Crippen LogP contribution is -2.22. The Bertz CT molecular complexity index is 391. The first kappa shape index (κ1) is 13.1. The summed E-state index contributed by atoms with van der Waals surface area (Å²) < 4.78 is 18.5. The number of hydrogen-bond donors (Lipinski definition) is 1. The lowest BCUT2D eigenvalue weighted by molar-refractivity contribution is 0.386. The van der Waals surface area contributed by atoms with Crippen LogP contribution >= 0.6 is 0 Å². The van der Waals surface area contributed by atoms with Crippen LogP contribution in [0, 0.1) is 11.7 Å².